The van der Waals surface area contributed by atoms with Crippen molar-refractivity contribution in [1.82, 2.24) is 4.98 Å². The number of benzene rings is 2. The van der Waals surface area contributed by atoms with Gasteiger partial charge in [0.2, 0.25) is 0 Å². The molecule has 1 saturated heterocycles. The number of aliphatic imine (C=N–C) groups is 1. The molecule has 0 bridgehead atoms. The van der Waals surface area contributed by atoms with E-state index in [4.69, 9.17) is 0 Å². The van der Waals surface area contributed by atoms with E-state index in [2.05, 4.69) is 14.7 Å². The van der Waals surface area contributed by atoms with Gasteiger partial charge in [-0.15, -0.1) is 13.2 Å². The Kier molecular flexibility index (Phi) is 7.61. The molecule has 0 N–H and O–H groups in total. The Labute approximate surface area is 229 Å². The van der Waals surface area contributed by atoms with Crippen LogP contribution in [0, 0.1) is 0 Å². The molecule has 41 heavy (non-hydrogen) atoms. The van der Waals surface area contributed by atoms with Crippen LogP contribution in [-0.2, 0) is 22.4 Å². The highest BCUT2D eigenvalue weighted by atomic mass is 19.4. The number of ether oxygens (including phenoxy) is 1. The Morgan fingerprint density at radius 3 is 2.07 bits per heavy atom. The number of amides is 1. The van der Waals surface area contributed by atoms with Crippen molar-refractivity contribution in [3.8, 4) is 5.75 Å². The van der Waals surface area contributed by atoms with Gasteiger partial charge in [-0.2, -0.15) is 13.2 Å². The van der Waals surface area contributed by atoms with E-state index in [1.165, 1.54) is 47.4 Å². The summed E-state index contributed by atoms with van der Waals surface area (Å²) in [6.07, 6.45) is -8.64. The monoisotopic (exact) mass is 585 g/mol. The number of aromatic nitrogens is 1. The number of hydrogen-bond acceptors (Lipinski definition) is 4. The van der Waals surface area contributed by atoms with Gasteiger partial charge in [-0.3, -0.25) is 19.7 Å². The summed E-state index contributed by atoms with van der Waals surface area (Å²) in [7, 11) is 0. The third-order valence-electron chi connectivity index (χ3n) is 6.47. The molecule has 5 nitrogen and oxygen atoms in total. The van der Waals surface area contributed by atoms with Crippen molar-refractivity contribution in [1.29, 1.82) is 0 Å². The second-order valence-electron chi connectivity index (χ2n) is 10.00. The predicted molar refractivity (Wildman–Crippen MR) is 134 cm³/mol. The number of hydrogen-bond donors (Lipinski definition) is 0. The number of alkyl halides is 8. The van der Waals surface area contributed by atoms with Crippen molar-refractivity contribution in [3.05, 3.63) is 89.2 Å². The van der Waals surface area contributed by atoms with E-state index >= 15 is 0 Å². The maximum Gasteiger partial charge on any atom is 0.573 e. The molecule has 1 aliphatic rings. The fourth-order valence-corrected chi connectivity index (χ4v) is 4.45. The number of carbonyl (C=O) groups is 1. The van der Waals surface area contributed by atoms with E-state index in [0.717, 1.165) is 31.3 Å². The molecule has 0 saturated carbocycles. The topological polar surface area (TPSA) is 54.8 Å². The zero-order chi connectivity index (χ0) is 30.4. The molecule has 3 aromatic rings. The van der Waals surface area contributed by atoms with Gasteiger partial charge in [0.1, 0.15) is 17.2 Å². The Morgan fingerprint density at radius 2 is 1.54 bits per heavy atom. The van der Waals surface area contributed by atoms with Crippen LogP contribution in [0.15, 0.2) is 71.9 Å². The summed E-state index contributed by atoms with van der Waals surface area (Å²) in [5.74, 6) is -4.36. The molecule has 1 fully saturated rings. The molecule has 0 spiro atoms. The molecule has 1 amide bonds. The summed E-state index contributed by atoms with van der Waals surface area (Å²) in [4.78, 5) is 22.8. The smallest absolute Gasteiger partial charge is 0.406 e. The number of nitrogens with zero attached hydrogens (tertiary/aromatic N) is 3. The normalized spacial score (nSPS) is 17.8. The van der Waals surface area contributed by atoms with Crippen LogP contribution in [0.3, 0.4) is 0 Å². The van der Waals surface area contributed by atoms with Crippen LogP contribution >= 0.6 is 0 Å². The van der Waals surface area contributed by atoms with Crippen molar-refractivity contribution >= 4 is 17.3 Å². The highest BCUT2D eigenvalue weighted by Gasteiger charge is 2.41. The highest BCUT2D eigenvalue weighted by molar-refractivity contribution is 6.46. The van der Waals surface area contributed by atoms with E-state index in [1.807, 2.05) is 0 Å². The lowest BCUT2D eigenvalue weighted by Gasteiger charge is -2.26. The van der Waals surface area contributed by atoms with Gasteiger partial charge in [0.25, 0.3) is 11.8 Å². The standard InChI is InChI=1S/C28H23F8N3O2/c1-25(2,18-7-12-23(37-15-18)27(31,32)33)38-21-14-22(16-5-4-6-17(13-16)26(3,29)30)39(24(21)40)19-8-10-20(11-9-19)41-28(34,35)36/h4-13,15,22H,14H2,1-3H3. The molecule has 2 aromatic carbocycles. The van der Waals surface area contributed by atoms with Gasteiger partial charge in [0.15, 0.2) is 0 Å². The van der Waals surface area contributed by atoms with Crippen LogP contribution in [0.4, 0.5) is 40.8 Å². The SMILES string of the molecule is CC(F)(F)c1cccc(C2CC(=NC(C)(C)c3ccc(C(F)(F)F)nc3)C(=O)N2c2ccc(OC(F)(F)F)cc2)c1. The second-order valence-corrected chi connectivity index (χ2v) is 10.00. The first-order chi connectivity index (χ1) is 18.8. The Morgan fingerprint density at radius 1 is 0.878 bits per heavy atom. The van der Waals surface area contributed by atoms with Gasteiger partial charge in [-0.1, -0.05) is 24.3 Å². The van der Waals surface area contributed by atoms with Crippen LogP contribution in [-0.4, -0.2) is 23.0 Å². The lowest BCUT2D eigenvalue weighted by Crippen LogP contribution is -2.30. The number of rotatable bonds is 6. The highest BCUT2D eigenvalue weighted by Crippen LogP contribution is 2.40. The van der Waals surface area contributed by atoms with Gasteiger partial charge in [0.05, 0.1) is 11.6 Å². The minimum absolute atomic E-state index is 0.0100. The molecule has 1 atom stereocenters. The van der Waals surface area contributed by atoms with E-state index < -0.39 is 47.4 Å². The Balaban J connectivity index is 1.75. The van der Waals surface area contributed by atoms with Crippen LogP contribution in [0.1, 0.15) is 55.6 Å². The summed E-state index contributed by atoms with van der Waals surface area (Å²) >= 11 is 0. The lowest BCUT2D eigenvalue weighted by molar-refractivity contribution is -0.274. The van der Waals surface area contributed by atoms with Crippen LogP contribution in [0.5, 0.6) is 5.75 Å². The number of halogens is 8. The van der Waals surface area contributed by atoms with Crippen molar-refractivity contribution in [2.45, 2.75) is 57.2 Å². The molecular weight excluding hydrogens is 562 g/mol. The summed E-state index contributed by atoms with van der Waals surface area (Å²) in [5, 5.41) is 0. The molecule has 0 aliphatic carbocycles. The maximum absolute atomic E-state index is 14.1. The molecule has 0 radical (unpaired) electrons. The van der Waals surface area contributed by atoms with Crippen molar-refractivity contribution < 1.29 is 44.7 Å². The first-order valence-corrected chi connectivity index (χ1v) is 12.2. The number of pyridine rings is 1. The van der Waals surface area contributed by atoms with Gasteiger partial charge < -0.3 is 4.74 Å². The molecule has 1 unspecified atom stereocenters. The van der Waals surface area contributed by atoms with Gasteiger partial charge in [-0.05, 0) is 61.4 Å². The Bertz CT molecular complexity index is 1440. The van der Waals surface area contributed by atoms with E-state index in [9.17, 15) is 39.9 Å². The molecular formula is C28H23F8N3O2. The third-order valence-corrected chi connectivity index (χ3v) is 6.47. The minimum Gasteiger partial charge on any atom is -0.406 e. The predicted octanol–water partition coefficient (Wildman–Crippen LogP) is 7.97. The summed E-state index contributed by atoms with van der Waals surface area (Å²) < 4.78 is 109. The first kappa shape index (κ1) is 29.9. The zero-order valence-corrected chi connectivity index (χ0v) is 21.8. The molecule has 13 heteroatoms. The summed E-state index contributed by atoms with van der Waals surface area (Å²) in [6, 6.07) is 11.0. The lowest BCUT2D eigenvalue weighted by atomic mass is 9.95. The number of anilines is 1. The van der Waals surface area contributed by atoms with Gasteiger partial charge in [-0.25, -0.2) is 8.78 Å². The van der Waals surface area contributed by atoms with E-state index in [0.29, 0.717) is 5.56 Å². The zero-order valence-electron chi connectivity index (χ0n) is 21.8. The summed E-state index contributed by atoms with van der Waals surface area (Å²) in [5.41, 5.74) is -1.87. The van der Waals surface area contributed by atoms with Gasteiger partial charge >= 0.3 is 12.5 Å². The van der Waals surface area contributed by atoms with E-state index in [-0.39, 0.29) is 28.9 Å². The molecule has 2 heterocycles. The van der Waals surface area contributed by atoms with Crippen LogP contribution in [0.25, 0.3) is 0 Å². The van der Waals surface area contributed by atoms with E-state index in [1.54, 1.807) is 13.8 Å². The fourth-order valence-electron chi connectivity index (χ4n) is 4.45. The van der Waals surface area contributed by atoms with Crippen molar-refractivity contribution in [2.75, 3.05) is 4.90 Å². The fraction of sp³-hybridized carbons (Fsp3) is 0.321. The second kappa shape index (κ2) is 10.4. The average Bonchev–Trinajstić information content (AvgIpc) is 3.18. The minimum atomic E-state index is -4.93. The van der Waals surface area contributed by atoms with Gasteiger partial charge in [0, 0.05) is 30.8 Å². The average molecular weight is 585 g/mol. The number of carbonyl (C=O) groups excluding carboxylic acids is 1. The maximum atomic E-state index is 14.1. The first-order valence-electron chi connectivity index (χ1n) is 12.2. The summed E-state index contributed by atoms with van der Waals surface area (Å²) in [6.45, 7) is 3.85. The largest absolute Gasteiger partial charge is 0.573 e. The quantitative estimate of drug-likeness (QED) is 0.276. The Hall–Kier alpha value is -4.03. The third kappa shape index (κ3) is 6.83. The molecule has 1 aromatic heterocycles. The van der Waals surface area contributed by atoms with Crippen LogP contribution in [0.2, 0.25) is 0 Å². The molecule has 1 aliphatic heterocycles. The molecule has 4 rings (SSSR count). The van der Waals surface area contributed by atoms with Crippen molar-refractivity contribution in [2.24, 2.45) is 4.99 Å². The van der Waals surface area contributed by atoms with Crippen LogP contribution < -0.4 is 9.64 Å². The molecule has 218 valence electrons. The van der Waals surface area contributed by atoms with Crippen molar-refractivity contribution in [3.63, 3.8) is 0 Å².